The number of oxazole rings is 1. The Labute approximate surface area is 208 Å². The lowest BCUT2D eigenvalue weighted by molar-refractivity contribution is -0.0864. The number of hydrogen-bond acceptors (Lipinski definition) is 7. The van der Waals surface area contributed by atoms with Gasteiger partial charge in [0.05, 0.1) is 25.0 Å². The smallest absolute Gasteiger partial charge is 0.245 e. The third kappa shape index (κ3) is 4.74. The number of nitrogens with zero attached hydrogens (tertiary/aromatic N) is 3. The van der Waals surface area contributed by atoms with E-state index in [-0.39, 0.29) is 0 Å². The monoisotopic (exact) mass is 479 g/mol. The zero-order chi connectivity index (χ0) is 24.2. The van der Waals surface area contributed by atoms with E-state index in [1.165, 1.54) is 0 Å². The summed E-state index contributed by atoms with van der Waals surface area (Å²) < 4.78 is 24.0. The van der Waals surface area contributed by atoms with Gasteiger partial charge in [-0.25, -0.2) is 9.97 Å². The van der Waals surface area contributed by atoms with E-state index >= 15 is 0 Å². The second-order valence-electron chi connectivity index (χ2n) is 8.47. The van der Waals surface area contributed by atoms with Crippen molar-refractivity contribution < 1.29 is 18.6 Å². The molecule has 6 rings (SSSR count). The molecule has 7 heteroatoms. The van der Waals surface area contributed by atoms with E-state index in [4.69, 9.17) is 23.6 Å². The summed E-state index contributed by atoms with van der Waals surface area (Å²) in [5.74, 6) is 1.96. The summed E-state index contributed by atoms with van der Waals surface area (Å²) in [7, 11) is 0. The third-order valence-electron chi connectivity index (χ3n) is 6.06. The molecule has 0 amide bonds. The highest BCUT2D eigenvalue weighted by molar-refractivity contribution is 5.91. The first kappa shape index (κ1) is 22.1. The van der Waals surface area contributed by atoms with Crippen LogP contribution in [0.15, 0.2) is 102 Å². The van der Waals surface area contributed by atoms with Crippen molar-refractivity contribution in [3.63, 3.8) is 0 Å². The number of anilines is 1. The van der Waals surface area contributed by atoms with Crippen LogP contribution < -0.4 is 14.4 Å². The molecule has 5 aromatic rings. The lowest BCUT2D eigenvalue weighted by Gasteiger charge is -2.35. The first-order valence-electron chi connectivity index (χ1n) is 11.9. The lowest BCUT2D eigenvalue weighted by atomic mass is 10.1. The minimum Gasteiger partial charge on any atom is -0.484 e. The Morgan fingerprint density at radius 2 is 1.72 bits per heavy atom. The second kappa shape index (κ2) is 10.1. The maximum atomic E-state index is 6.48. The number of morpholine rings is 1. The third-order valence-corrected chi connectivity index (χ3v) is 6.06. The van der Waals surface area contributed by atoms with Crippen molar-refractivity contribution in [1.29, 1.82) is 0 Å². The van der Waals surface area contributed by atoms with E-state index in [0.29, 0.717) is 43.6 Å². The van der Waals surface area contributed by atoms with Crippen molar-refractivity contribution in [3.8, 4) is 23.1 Å². The first-order chi connectivity index (χ1) is 17.8. The number of benzene rings is 3. The summed E-state index contributed by atoms with van der Waals surface area (Å²) >= 11 is 0. The van der Waals surface area contributed by atoms with E-state index in [1.54, 1.807) is 12.5 Å². The topological polar surface area (TPSA) is 69.9 Å². The summed E-state index contributed by atoms with van der Waals surface area (Å²) in [6.07, 6.45) is 2.77. The van der Waals surface area contributed by atoms with Gasteiger partial charge < -0.3 is 23.5 Å². The Morgan fingerprint density at radius 3 is 2.53 bits per heavy atom. The average molecular weight is 480 g/mol. The molecule has 1 unspecified atom stereocenters. The number of fused-ring (bicyclic) bond motifs is 1. The summed E-state index contributed by atoms with van der Waals surface area (Å²) in [6, 6.07) is 27.9. The van der Waals surface area contributed by atoms with Crippen molar-refractivity contribution in [2.24, 2.45) is 0 Å². The molecule has 3 heterocycles. The predicted molar refractivity (Wildman–Crippen MR) is 137 cm³/mol. The number of para-hydroxylation sites is 1. The van der Waals surface area contributed by atoms with Gasteiger partial charge in [0.1, 0.15) is 29.8 Å². The summed E-state index contributed by atoms with van der Waals surface area (Å²) in [4.78, 5) is 11.4. The minimum absolute atomic E-state index is 0.398. The van der Waals surface area contributed by atoms with Gasteiger partial charge in [-0.1, -0.05) is 60.7 Å². The van der Waals surface area contributed by atoms with Gasteiger partial charge >= 0.3 is 0 Å². The second-order valence-corrected chi connectivity index (χ2v) is 8.47. The van der Waals surface area contributed by atoms with Gasteiger partial charge in [0, 0.05) is 11.9 Å². The Morgan fingerprint density at radius 1 is 0.917 bits per heavy atom. The van der Waals surface area contributed by atoms with Crippen molar-refractivity contribution in [1.82, 2.24) is 9.97 Å². The van der Waals surface area contributed by atoms with Crippen LogP contribution in [0, 0.1) is 0 Å². The highest BCUT2D eigenvalue weighted by Crippen LogP contribution is 2.38. The van der Waals surface area contributed by atoms with Crippen LogP contribution in [0.5, 0.6) is 11.5 Å². The number of hydrogen-bond donors (Lipinski definition) is 0. The molecule has 1 atom stereocenters. The van der Waals surface area contributed by atoms with Crippen LogP contribution in [-0.2, 0) is 11.3 Å². The van der Waals surface area contributed by atoms with Crippen molar-refractivity contribution >= 4 is 16.6 Å². The molecule has 180 valence electrons. The molecule has 0 spiro atoms. The van der Waals surface area contributed by atoms with Crippen LogP contribution in [0.1, 0.15) is 5.56 Å². The molecule has 3 aromatic carbocycles. The molecular formula is C29H25N3O4. The fourth-order valence-electron chi connectivity index (χ4n) is 4.30. The zero-order valence-corrected chi connectivity index (χ0v) is 19.6. The first-order valence-corrected chi connectivity index (χ1v) is 11.9. The fourth-order valence-corrected chi connectivity index (χ4v) is 4.30. The van der Waals surface area contributed by atoms with Gasteiger partial charge in [-0.3, -0.25) is 0 Å². The maximum Gasteiger partial charge on any atom is 0.245 e. The van der Waals surface area contributed by atoms with E-state index in [9.17, 15) is 0 Å². The number of rotatable bonds is 7. The summed E-state index contributed by atoms with van der Waals surface area (Å²) in [5, 5.41) is 0.975. The Kier molecular flexibility index (Phi) is 6.20. The highest BCUT2D eigenvalue weighted by atomic mass is 16.7. The molecule has 0 N–H and O–H groups in total. The van der Waals surface area contributed by atoms with Crippen molar-refractivity contribution in [2.45, 2.75) is 12.9 Å². The van der Waals surface area contributed by atoms with Crippen LogP contribution in [0.4, 0.5) is 5.69 Å². The summed E-state index contributed by atoms with van der Waals surface area (Å²) in [5.41, 5.74) is 3.43. The zero-order valence-electron chi connectivity index (χ0n) is 19.6. The molecule has 1 fully saturated rings. The maximum absolute atomic E-state index is 6.48. The summed E-state index contributed by atoms with van der Waals surface area (Å²) in [6.45, 7) is 2.23. The van der Waals surface area contributed by atoms with E-state index < -0.39 is 6.29 Å². The molecule has 0 radical (unpaired) electrons. The molecule has 1 aliphatic rings. The lowest BCUT2D eigenvalue weighted by Crippen LogP contribution is -2.45. The molecule has 36 heavy (non-hydrogen) atoms. The molecule has 1 aliphatic heterocycles. The molecular weight excluding hydrogens is 454 g/mol. The SMILES string of the molecule is c1ccc(COc2c(N3CCOC(Oc4ccccc4)C3)ccc3ccc(-c4ncco4)nc23)cc1. The van der Waals surface area contributed by atoms with Gasteiger partial charge in [0.15, 0.2) is 5.75 Å². The number of ether oxygens (including phenoxy) is 3. The minimum atomic E-state index is -0.398. The Bertz CT molecular complexity index is 1430. The molecule has 0 aliphatic carbocycles. The fraction of sp³-hybridized carbons (Fsp3) is 0.172. The van der Waals surface area contributed by atoms with Gasteiger partial charge in [-0.05, 0) is 29.8 Å². The van der Waals surface area contributed by atoms with E-state index in [2.05, 4.69) is 34.1 Å². The number of aromatic nitrogens is 2. The predicted octanol–water partition coefficient (Wildman–Crippen LogP) is 5.71. The standard InChI is InChI=1S/C29H25N3O4/c1-3-7-21(8-4-1)20-35-28-25(32-16-18-33-26(19-32)36-23-9-5-2-6-10-23)14-12-22-11-13-24(31-27(22)28)29-30-15-17-34-29/h1-15,17,26H,16,18-20H2. The van der Waals surface area contributed by atoms with Crippen molar-refractivity contribution in [2.75, 3.05) is 24.6 Å². The highest BCUT2D eigenvalue weighted by Gasteiger charge is 2.26. The van der Waals surface area contributed by atoms with Gasteiger partial charge in [-0.15, -0.1) is 0 Å². The Hall–Kier alpha value is -4.36. The molecule has 1 saturated heterocycles. The van der Waals surface area contributed by atoms with E-state index in [0.717, 1.165) is 27.9 Å². The van der Waals surface area contributed by atoms with Gasteiger partial charge in [-0.2, -0.15) is 0 Å². The van der Waals surface area contributed by atoms with Crippen molar-refractivity contribution in [3.05, 3.63) is 103 Å². The average Bonchev–Trinajstić information content (AvgIpc) is 3.48. The van der Waals surface area contributed by atoms with Gasteiger partial charge in [0.2, 0.25) is 12.2 Å². The molecule has 0 saturated carbocycles. The Balaban J connectivity index is 1.36. The molecule has 2 aromatic heterocycles. The van der Waals surface area contributed by atoms with Crippen LogP contribution in [0.2, 0.25) is 0 Å². The van der Waals surface area contributed by atoms with Crippen LogP contribution in [-0.4, -0.2) is 36.0 Å². The van der Waals surface area contributed by atoms with Crippen LogP contribution >= 0.6 is 0 Å². The molecule has 7 nitrogen and oxygen atoms in total. The van der Waals surface area contributed by atoms with E-state index in [1.807, 2.05) is 60.7 Å². The number of pyridine rings is 1. The van der Waals surface area contributed by atoms with Gasteiger partial charge in [0.25, 0.3) is 0 Å². The van der Waals surface area contributed by atoms with Crippen LogP contribution in [0.25, 0.3) is 22.5 Å². The normalized spacial score (nSPS) is 15.7. The quantitative estimate of drug-likeness (QED) is 0.296. The molecule has 0 bridgehead atoms. The largest absolute Gasteiger partial charge is 0.484 e. The van der Waals surface area contributed by atoms with Crippen LogP contribution in [0.3, 0.4) is 0 Å².